The number of allylic oxidation sites excluding steroid dienone is 1. The first-order valence-corrected chi connectivity index (χ1v) is 4.82. The van der Waals surface area contributed by atoms with E-state index in [4.69, 9.17) is 0 Å². The molecule has 0 spiro atoms. The Morgan fingerprint density at radius 1 is 1.29 bits per heavy atom. The highest BCUT2D eigenvalue weighted by Crippen LogP contribution is 2.30. The molecule has 14 heavy (non-hydrogen) atoms. The standard InChI is InChI=1S/C13H18O/c1-9(2)11-8-10(13(3,4)5)6-7-12(11)14/h6-8,14H,1H2,2-5H3. The topological polar surface area (TPSA) is 20.2 Å². The quantitative estimate of drug-likeness (QED) is 0.715. The van der Waals surface area contributed by atoms with Crippen molar-refractivity contribution in [2.24, 2.45) is 0 Å². The smallest absolute Gasteiger partial charge is 0.123 e. The van der Waals surface area contributed by atoms with E-state index in [-0.39, 0.29) is 5.41 Å². The van der Waals surface area contributed by atoms with Crippen LogP contribution in [-0.2, 0) is 5.41 Å². The Hall–Kier alpha value is -1.24. The third kappa shape index (κ3) is 2.16. The van der Waals surface area contributed by atoms with E-state index in [2.05, 4.69) is 27.4 Å². The van der Waals surface area contributed by atoms with Gasteiger partial charge >= 0.3 is 0 Å². The molecule has 1 N–H and O–H groups in total. The second kappa shape index (κ2) is 3.49. The number of phenols is 1. The van der Waals surface area contributed by atoms with Crippen LogP contribution in [0.1, 0.15) is 38.8 Å². The molecule has 0 unspecified atom stereocenters. The lowest BCUT2D eigenvalue weighted by molar-refractivity contribution is 0.472. The summed E-state index contributed by atoms with van der Waals surface area (Å²) in [5.74, 6) is 0.311. The second-order valence-electron chi connectivity index (χ2n) is 4.76. The Bertz CT molecular complexity index is 356. The van der Waals surface area contributed by atoms with Crippen molar-refractivity contribution < 1.29 is 5.11 Å². The first-order valence-electron chi connectivity index (χ1n) is 4.82. The molecule has 0 aliphatic carbocycles. The van der Waals surface area contributed by atoms with Crippen molar-refractivity contribution in [3.63, 3.8) is 0 Å². The Labute approximate surface area is 86.1 Å². The van der Waals surface area contributed by atoms with Gasteiger partial charge in [-0.05, 0) is 35.6 Å². The van der Waals surface area contributed by atoms with E-state index in [0.717, 1.165) is 11.1 Å². The van der Waals surface area contributed by atoms with Gasteiger partial charge in [-0.15, -0.1) is 0 Å². The molecule has 0 aliphatic heterocycles. The van der Waals surface area contributed by atoms with Crippen LogP contribution in [-0.4, -0.2) is 5.11 Å². The first kappa shape index (κ1) is 10.8. The molecule has 0 saturated carbocycles. The number of aromatic hydroxyl groups is 1. The lowest BCUT2D eigenvalue weighted by atomic mass is 9.85. The molecule has 76 valence electrons. The minimum atomic E-state index is 0.109. The summed E-state index contributed by atoms with van der Waals surface area (Å²) < 4.78 is 0. The predicted octanol–water partition coefficient (Wildman–Crippen LogP) is 3.72. The van der Waals surface area contributed by atoms with E-state index in [1.807, 2.05) is 19.1 Å². The molecule has 1 rings (SSSR count). The van der Waals surface area contributed by atoms with E-state index in [1.165, 1.54) is 5.56 Å². The number of benzene rings is 1. The third-order valence-corrected chi connectivity index (χ3v) is 2.32. The van der Waals surface area contributed by atoms with Gasteiger partial charge in [0.25, 0.3) is 0 Å². The summed E-state index contributed by atoms with van der Waals surface area (Å²) in [5.41, 5.74) is 3.07. The minimum Gasteiger partial charge on any atom is -0.507 e. The average molecular weight is 190 g/mol. The number of hydrogen-bond acceptors (Lipinski definition) is 1. The summed E-state index contributed by atoms with van der Waals surface area (Å²) in [6, 6.07) is 5.71. The van der Waals surface area contributed by atoms with Crippen LogP contribution in [0.5, 0.6) is 5.75 Å². The molecular weight excluding hydrogens is 172 g/mol. The van der Waals surface area contributed by atoms with Crippen molar-refractivity contribution in [2.75, 3.05) is 0 Å². The third-order valence-electron chi connectivity index (χ3n) is 2.32. The van der Waals surface area contributed by atoms with Crippen LogP contribution in [0.15, 0.2) is 24.8 Å². The molecule has 1 heteroatoms. The molecule has 0 radical (unpaired) electrons. The molecule has 1 aromatic rings. The minimum absolute atomic E-state index is 0.109. The first-order chi connectivity index (χ1) is 6.32. The zero-order valence-electron chi connectivity index (χ0n) is 9.39. The van der Waals surface area contributed by atoms with Crippen molar-refractivity contribution in [3.05, 3.63) is 35.9 Å². The van der Waals surface area contributed by atoms with Crippen molar-refractivity contribution >= 4 is 5.57 Å². The predicted molar refractivity (Wildman–Crippen MR) is 61.5 cm³/mol. The van der Waals surface area contributed by atoms with Gasteiger partial charge in [0.05, 0.1) is 0 Å². The van der Waals surface area contributed by atoms with Gasteiger partial charge in [0.2, 0.25) is 0 Å². The molecular formula is C13H18O. The molecule has 0 aromatic heterocycles. The zero-order valence-corrected chi connectivity index (χ0v) is 9.39. The molecule has 0 amide bonds. The van der Waals surface area contributed by atoms with Gasteiger partial charge < -0.3 is 5.11 Å². The van der Waals surface area contributed by atoms with E-state index in [1.54, 1.807) is 6.07 Å². The summed E-state index contributed by atoms with van der Waals surface area (Å²) in [6.07, 6.45) is 0. The van der Waals surface area contributed by atoms with Gasteiger partial charge in [0, 0.05) is 5.56 Å². The van der Waals surface area contributed by atoms with Crippen LogP contribution in [0.2, 0.25) is 0 Å². The fraction of sp³-hybridized carbons (Fsp3) is 0.385. The molecule has 1 nitrogen and oxygen atoms in total. The number of rotatable bonds is 1. The lowest BCUT2D eigenvalue weighted by Gasteiger charge is -2.20. The largest absolute Gasteiger partial charge is 0.507 e. The van der Waals surface area contributed by atoms with Gasteiger partial charge in [0.15, 0.2) is 0 Å². The van der Waals surface area contributed by atoms with Gasteiger partial charge in [-0.1, -0.05) is 33.4 Å². The van der Waals surface area contributed by atoms with Crippen LogP contribution >= 0.6 is 0 Å². The van der Waals surface area contributed by atoms with E-state index in [9.17, 15) is 5.11 Å². The van der Waals surface area contributed by atoms with Crippen LogP contribution in [0.3, 0.4) is 0 Å². The van der Waals surface area contributed by atoms with Gasteiger partial charge in [-0.25, -0.2) is 0 Å². The highest BCUT2D eigenvalue weighted by atomic mass is 16.3. The van der Waals surface area contributed by atoms with Crippen LogP contribution in [0, 0.1) is 0 Å². The number of phenolic OH excluding ortho intramolecular Hbond substituents is 1. The summed E-state index contributed by atoms with van der Waals surface area (Å²) in [4.78, 5) is 0. The monoisotopic (exact) mass is 190 g/mol. The fourth-order valence-electron chi connectivity index (χ4n) is 1.34. The summed E-state index contributed by atoms with van der Waals surface area (Å²) in [5, 5.41) is 9.61. The number of hydrogen-bond donors (Lipinski definition) is 1. The van der Waals surface area contributed by atoms with Crippen molar-refractivity contribution in [3.8, 4) is 5.75 Å². The summed E-state index contributed by atoms with van der Waals surface area (Å²) >= 11 is 0. The zero-order chi connectivity index (χ0) is 10.9. The van der Waals surface area contributed by atoms with Crippen molar-refractivity contribution in [1.82, 2.24) is 0 Å². The normalized spacial score (nSPS) is 11.4. The molecule has 0 aliphatic rings. The van der Waals surface area contributed by atoms with Crippen LogP contribution < -0.4 is 0 Å². The molecule has 0 heterocycles. The lowest BCUT2D eigenvalue weighted by Crippen LogP contribution is -2.11. The molecule has 0 atom stereocenters. The SMILES string of the molecule is C=C(C)c1cc(C(C)(C)C)ccc1O. The maximum Gasteiger partial charge on any atom is 0.123 e. The van der Waals surface area contributed by atoms with Gasteiger partial charge in [-0.3, -0.25) is 0 Å². The second-order valence-corrected chi connectivity index (χ2v) is 4.76. The Morgan fingerprint density at radius 3 is 2.29 bits per heavy atom. The highest BCUT2D eigenvalue weighted by Gasteiger charge is 2.15. The Morgan fingerprint density at radius 2 is 1.86 bits per heavy atom. The van der Waals surface area contributed by atoms with E-state index < -0.39 is 0 Å². The fourth-order valence-corrected chi connectivity index (χ4v) is 1.34. The van der Waals surface area contributed by atoms with Crippen LogP contribution in [0.25, 0.3) is 5.57 Å². The van der Waals surface area contributed by atoms with Crippen molar-refractivity contribution in [2.45, 2.75) is 33.1 Å². The van der Waals surface area contributed by atoms with E-state index in [0.29, 0.717) is 5.75 Å². The highest BCUT2D eigenvalue weighted by molar-refractivity contribution is 5.67. The van der Waals surface area contributed by atoms with Gasteiger partial charge in [0.1, 0.15) is 5.75 Å². The summed E-state index contributed by atoms with van der Waals surface area (Å²) in [7, 11) is 0. The average Bonchev–Trinajstić information content (AvgIpc) is 2.02. The maximum atomic E-state index is 9.61. The van der Waals surface area contributed by atoms with Crippen LogP contribution in [0.4, 0.5) is 0 Å². The molecule has 0 bridgehead atoms. The van der Waals surface area contributed by atoms with Gasteiger partial charge in [-0.2, -0.15) is 0 Å². The van der Waals surface area contributed by atoms with E-state index >= 15 is 0 Å². The summed E-state index contributed by atoms with van der Waals surface area (Å²) in [6.45, 7) is 12.2. The molecule has 1 aromatic carbocycles. The molecule has 0 fully saturated rings. The Kier molecular flexibility index (Phi) is 2.70. The van der Waals surface area contributed by atoms with Crippen molar-refractivity contribution in [1.29, 1.82) is 0 Å². The maximum absolute atomic E-state index is 9.61. The Balaban J connectivity index is 3.27. The molecule has 0 saturated heterocycles.